The predicted molar refractivity (Wildman–Crippen MR) is 96.6 cm³/mol. The minimum atomic E-state index is -0.0874. The molecule has 7 heteroatoms. The second-order valence-corrected chi connectivity index (χ2v) is 7.53. The van der Waals surface area contributed by atoms with Crippen molar-refractivity contribution >= 4 is 16.5 Å². The van der Waals surface area contributed by atoms with Gasteiger partial charge >= 0.3 is 0 Å². The fourth-order valence-corrected chi connectivity index (χ4v) is 4.63. The maximum absolute atomic E-state index is 12.4. The number of rotatable bonds is 3. The van der Waals surface area contributed by atoms with Crippen LogP contribution in [0.3, 0.4) is 0 Å². The Bertz CT molecular complexity index is 1100. The van der Waals surface area contributed by atoms with Gasteiger partial charge in [-0.1, -0.05) is 22.5 Å². The lowest BCUT2D eigenvalue weighted by molar-refractivity contribution is 0.132. The average molecular weight is 349 g/mol. The molecule has 2 heterocycles. The predicted octanol–water partition coefficient (Wildman–Crippen LogP) is 2.26. The van der Waals surface area contributed by atoms with Gasteiger partial charge in [0.1, 0.15) is 11.4 Å². The summed E-state index contributed by atoms with van der Waals surface area (Å²) in [7, 11) is 1.72. The SMILES string of the molecule is Cn1ccc2c(/C(=N/O)c3cn(C45CCC(C4)C5)nn3)cccc2c1=O. The molecule has 132 valence electrons. The van der Waals surface area contributed by atoms with Crippen LogP contribution in [0.1, 0.15) is 36.9 Å². The van der Waals surface area contributed by atoms with Crippen LogP contribution in [0.5, 0.6) is 0 Å². The van der Waals surface area contributed by atoms with Gasteiger partial charge in [0.05, 0.1) is 11.7 Å². The molecule has 2 bridgehead atoms. The van der Waals surface area contributed by atoms with E-state index in [-0.39, 0.29) is 11.1 Å². The maximum atomic E-state index is 12.4. The number of fused-ring (bicyclic) bond motifs is 2. The van der Waals surface area contributed by atoms with Crippen LogP contribution >= 0.6 is 0 Å². The van der Waals surface area contributed by atoms with Gasteiger partial charge in [0.2, 0.25) is 0 Å². The first kappa shape index (κ1) is 15.3. The summed E-state index contributed by atoms with van der Waals surface area (Å²) in [5.74, 6) is 0.822. The first-order valence-electron chi connectivity index (χ1n) is 8.85. The molecule has 3 fully saturated rings. The molecule has 2 aromatic heterocycles. The van der Waals surface area contributed by atoms with E-state index in [2.05, 4.69) is 15.5 Å². The van der Waals surface area contributed by atoms with Crippen molar-refractivity contribution in [1.82, 2.24) is 19.6 Å². The molecule has 0 atom stereocenters. The van der Waals surface area contributed by atoms with E-state index in [9.17, 15) is 10.0 Å². The standard InChI is InChI=1S/C19H19N5O2/c1-23-8-6-13-14(3-2-4-15(13)18(23)25)17(21-26)16-11-24(22-20-16)19-7-5-12(9-19)10-19/h2-4,6,8,11-12,26H,5,7,9-10H2,1H3/b21-17-. The molecule has 6 rings (SSSR count). The van der Waals surface area contributed by atoms with Crippen LogP contribution < -0.4 is 5.56 Å². The fraction of sp³-hybridized carbons (Fsp3) is 0.368. The molecule has 3 aliphatic carbocycles. The molecule has 26 heavy (non-hydrogen) atoms. The Labute approximate surface area is 149 Å². The van der Waals surface area contributed by atoms with Crippen LogP contribution in [-0.4, -0.2) is 30.5 Å². The Kier molecular flexibility index (Phi) is 3.10. The van der Waals surface area contributed by atoms with Gasteiger partial charge in [0.15, 0.2) is 0 Å². The molecule has 0 saturated heterocycles. The summed E-state index contributed by atoms with van der Waals surface area (Å²) in [5.41, 5.74) is 1.54. The number of pyridine rings is 1. The minimum absolute atomic E-state index is 0.0874. The van der Waals surface area contributed by atoms with Crippen molar-refractivity contribution in [2.45, 2.75) is 31.2 Å². The third-order valence-corrected chi connectivity index (χ3v) is 6.05. The molecular weight excluding hydrogens is 330 g/mol. The molecule has 3 aromatic rings. The van der Waals surface area contributed by atoms with Crippen LogP contribution in [-0.2, 0) is 12.6 Å². The molecule has 0 radical (unpaired) electrons. The lowest BCUT2D eigenvalue weighted by Gasteiger charge is -2.38. The van der Waals surface area contributed by atoms with Gasteiger partial charge in [-0.15, -0.1) is 5.10 Å². The highest BCUT2D eigenvalue weighted by Gasteiger charge is 2.52. The highest BCUT2D eigenvalue weighted by molar-refractivity contribution is 6.18. The van der Waals surface area contributed by atoms with E-state index in [1.54, 1.807) is 25.4 Å². The Morgan fingerprint density at radius 3 is 2.88 bits per heavy atom. The third kappa shape index (κ3) is 2.00. The van der Waals surface area contributed by atoms with Crippen molar-refractivity contribution in [1.29, 1.82) is 0 Å². The second-order valence-electron chi connectivity index (χ2n) is 7.53. The summed E-state index contributed by atoms with van der Waals surface area (Å²) in [4.78, 5) is 12.4. The van der Waals surface area contributed by atoms with Crippen molar-refractivity contribution < 1.29 is 5.21 Å². The lowest BCUT2D eigenvalue weighted by atomic mass is 9.77. The summed E-state index contributed by atoms with van der Waals surface area (Å²) >= 11 is 0. The van der Waals surface area contributed by atoms with Crippen LogP contribution in [0.15, 0.2) is 46.6 Å². The first-order chi connectivity index (χ1) is 12.6. The number of aryl methyl sites for hydroxylation is 1. The molecule has 1 N–H and O–H groups in total. The van der Waals surface area contributed by atoms with Crippen LogP contribution in [0.4, 0.5) is 0 Å². The van der Waals surface area contributed by atoms with Crippen LogP contribution in [0.2, 0.25) is 0 Å². The van der Waals surface area contributed by atoms with Gasteiger partial charge in [0, 0.05) is 24.2 Å². The highest BCUT2D eigenvalue weighted by Crippen LogP contribution is 2.56. The largest absolute Gasteiger partial charge is 0.410 e. The summed E-state index contributed by atoms with van der Waals surface area (Å²) in [6.07, 6.45) is 8.29. The Morgan fingerprint density at radius 1 is 1.31 bits per heavy atom. The Balaban J connectivity index is 1.61. The van der Waals surface area contributed by atoms with Gasteiger partial charge in [0.25, 0.3) is 5.56 Å². The van der Waals surface area contributed by atoms with E-state index >= 15 is 0 Å². The first-order valence-corrected chi connectivity index (χ1v) is 8.85. The van der Waals surface area contributed by atoms with Crippen molar-refractivity contribution in [3.8, 4) is 0 Å². The van der Waals surface area contributed by atoms with Gasteiger partial charge in [-0.2, -0.15) is 0 Å². The maximum Gasteiger partial charge on any atom is 0.258 e. The molecular formula is C19H19N5O2. The van der Waals surface area contributed by atoms with E-state index in [0.717, 1.165) is 30.6 Å². The molecule has 0 amide bonds. The zero-order valence-corrected chi connectivity index (χ0v) is 14.5. The molecule has 0 aliphatic heterocycles. The number of hydrogen-bond acceptors (Lipinski definition) is 5. The van der Waals surface area contributed by atoms with Crippen molar-refractivity contribution in [3.63, 3.8) is 0 Å². The smallest absolute Gasteiger partial charge is 0.258 e. The molecule has 7 nitrogen and oxygen atoms in total. The number of aromatic nitrogens is 4. The zero-order chi connectivity index (χ0) is 17.9. The average Bonchev–Trinajstić information content (AvgIpc) is 3.34. The Morgan fingerprint density at radius 2 is 2.15 bits per heavy atom. The van der Waals surface area contributed by atoms with E-state index in [4.69, 9.17) is 0 Å². The molecule has 1 aromatic carbocycles. The lowest BCUT2D eigenvalue weighted by Crippen LogP contribution is -2.39. The normalized spacial score (nSPS) is 24.8. The van der Waals surface area contributed by atoms with Gasteiger partial charge in [-0.25, -0.2) is 4.68 Å². The van der Waals surface area contributed by atoms with E-state index in [0.29, 0.717) is 22.4 Å². The van der Waals surface area contributed by atoms with Crippen molar-refractivity contribution in [3.05, 3.63) is 58.3 Å². The third-order valence-electron chi connectivity index (χ3n) is 6.05. The summed E-state index contributed by atoms with van der Waals surface area (Å²) in [5, 5.41) is 23.1. The molecule has 0 unspecified atom stereocenters. The topological polar surface area (TPSA) is 85.3 Å². The fourth-order valence-electron chi connectivity index (χ4n) is 4.63. The second kappa shape index (κ2) is 5.27. The van der Waals surface area contributed by atoms with Gasteiger partial charge in [-0.3, -0.25) is 4.79 Å². The molecule has 0 spiro atoms. The highest BCUT2D eigenvalue weighted by atomic mass is 16.4. The summed E-state index contributed by atoms with van der Waals surface area (Å²) in [6, 6.07) is 7.26. The Hall–Kier alpha value is -2.96. The summed E-state index contributed by atoms with van der Waals surface area (Å²) < 4.78 is 3.48. The van der Waals surface area contributed by atoms with E-state index < -0.39 is 0 Å². The van der Waals surface area contributed by atoms with Crippen LogP contribution in [0.25, 0.3) is 10.8 Å². The number of hydrogen-bond donors (Lipinski definition) is 1. The number of oxime groups is 1. The molecule has 3 saturated carbocycles. The number of nitrogens with zero attached hydrogens (tertiary/aromatic N) is 5. The van der Waals surface area contributed by atoms with E-state index in [1.165, 1.54) is 11.0 Å². The minimum Gasteiger partial charge on any atom is -0.410 e. The quantitative estimate of drug-likeness (QED) is 0.446. The molecule has 3 aliphatic rings. The van der Waals surface area contributed by atoms with Gasteiger partial charge in [-0.05, 0) is 49.1 Å². The zero-order valence-electron chi connectivity index (χ0n) is 14.5. The van der Waals surface area contributed by atoms with E-state index in [1.807, 2.05) is 23.0 Å². The van der Waals surface area contributed by atoms with Gasteiger partial charge < -0.3 is 9.77 Å². The van der Waals surface area contributed by atoms with Crippen LogP contribution in [0, 0.1) is 5.92 Å². The monoisotopic (exact) mass is 349 g/mol. The van der Waals surface area contributed by atoms with Crippen molar-refractivity contribution in [2.75, 3.05) is 0 Å². The van der Waals surface area contributed by atoms with Crippen molar-refractivity contribution in [2.24, 2.45) is 18.1 Å². The number of benzene rings is 1. The summed E-state index contributed by atoms with van der Waals surface area (Å²) in [6.45, 7) is 0.